The van der Waals surface area contributed by atoms with Crippen LogP contribution in [0.4, 0.5) is 5.82 Å². The van der Waals surface area contributed by atoms with Crippen LogP contribution in [0.2, 0.25) is 0 Å². The number of amides is 1. The zero-order valence-electron chi connectivity index (χ0n) is 15.6. The summed E-state index contributed by atoms with van der Waals surface area (Å²) in [6.07, 6.45) is 3.62. The predicted molar refractivity (Wildman–Crippen MR) is 106 cm³/mol. The molecule has 3 rings (SSSR count). The highest BCUT2D eigenvalue weighted by Gasteiger charge is 2.26. The Hall–Kier alpha value is -2.15. The highest BCUT2D eigenvalue weighted by atomic mass is 32.2. The smallest absolute Gasteiger partial charge is 0.232 e. The van der Waals surface area contributed by atoms with Gasteiger partial charge in [0.2, 0.25) is 5.91 Å². The van der Waals surface area contributed by atoms with Crippen LogP contribution in [0, 0.1) is 0 Å². The van der Waals surface area contributed by atoms with Crippen molar-refractivity contribution in [1.29, 1.82) is 0 Å². The third kappa shape index (κ3) is 4.15. The van der Waals surface area contributed by atoms with Crippen molar-refractivity contribution in [3.05, 3.63) is 35.7 Å². The number of aromatic nitrogens is 3. The van der Waals surface area contributed by atoms with Crippen molar-refractivity contribution in [2.24, 2.45) is 0 Å². The Kier molecular flexibility index (Phi) is 6.08. The molecule has 0 saturated carbocycles. The number of anilines is 1. The van der Waals surface area contributed by atoms with E-state index < -0.39 is 0 Å². The first-order chi connectivity index (χ1) is 12.6. The largest absolute Gasteiger partial charge is 0.362 e. The zero-order valence-corrected chi connectivity index (χ0v) is 16.4. The number of thioether (sulfide) groups is 1. The second kappa shape index (κ2) is 8.49. The summed E-state index contributed by atoms with van der Waals surface area (Å²) in [5, 5.41) is 0. The number of pyridine rings is 1. The van der Waals surface area contributed by atoms with Gasteiger partial charge in [0, 0.05) is 32.4 Å². The first kappa shape index (κ1) is 18.6. The molecular weight excluding hydrogens is 346 g/mol. The maximum absolute atomic E-state index is 12.5. The second-order valence-corrected chi connectivity index (χ2v) is 7.63. The van der Waals surface area contributed by atoms with E-state index in [0.717, 1.165) is 47.9 Å². The Balaban J connectivity index is 1.88. The third-order valence-electron chi connectivity index (χ3n) is 4.29. The van der Waals surface area contributed by atoms with Gasteiger partial charge in [0.25, 0.3) is 0 Å². The molecule has 0 aromatic carbocycles. The summed E-state index contributed by atoms with van der Waals surface area (Å²) in [6, 6.07) is 5.72. The number of rotatable bonds is 6. The third-order valence-corrected chi connectivity index (χ3v) is 5.44. The van der Waals surface area contributed by atoms with E-state index in [0.29, 0.717) is 18.1 Å². The minimum Gasteiger partial charge on any atom is -0.362 e. The SMILES string of the molecule is CCCSCC(=O)N1CCc2c(nc(-c3ccccn3)nc2N(C)C)C1. The molecular formula is C19H25N5OS. The first-order valence-electron chi connectivity index (χ1n) is 8.94. The van der Waals surface area contributed by atoms with Crippen LogP contribution in [-0.2, 0) is 17.8 Å². The lowest BCUT2D eigenvalue weighted by atomic mass is 10.0. The highest BCUT2D eigenvalue weighted by molar-refractivity contribution is 7.99. The highest BCUT2D eigenvalue weighted by Crippen LogP contribution is 2.28. The van der Waals surface area contributed by atoms with Gasteiger partial charge in [-0.1, -0.05) is 13.0 Å². The summed E-state index contributed by atoms with van der Waals surface area (Å²) in [7, 11) is 3.98. The van der Waals surface area contributed by atoms with Gasteiger partial charge in [-0.15, -0.1) is 0 Å². The molecule has 0 N–H and O–H groups in total. The van der Waals surface area contributed by atoms with Gasteiger partial charge in [-0.2, -0.15) is 11.8 Å². The molecule has 0 saturated heterocycles. The van der Waals surface area contributed by atoms with Crippen molar-refractivity contribution in [2.45, 2.75) is 26.3 Å². The van der Waals surface area contributed by atoms with Crippen molar-refractivity contribution in [1.82, 2.24) is 19.9 Å². The zero-order chi connectivity index (χ0) is 18.5. The van der Waals surface area contributed by atoms with Crippen molar-refractivity contribution in [3.63, 3.8) is 0 Å². The average Bonchev–Trinajstić information content (AvgIpc) is 2.67. The molecule has 0 aliphatic carbocycles. The molecule has 0 fully saturated rings. The lowest BCUT2D eigenvalue weighted by Crippen LogP contribution is -2.38. The number of hydrogen-bond donors (Lipinski definition) is 0. The molecule has 0 radical (unpaired) electrons. The van der Waals surface area contributed by atoms with Gasteiger partial charge in [0.1, 0.15) is 11.5 Å². The van der Waals surface area contributed by atoms with E-state index in [-0.39, 0.29) is 5.91 Å². The quantitative estimate of drug-likeness (QED) is 0.728. The van der Waals surface area contributed by atoms with E-state index in [1.54, 1.807) is 18.0 Å². The van der Waals surface area contributed by atoms with Gasteiger partial charge < -0.3 is 9.80 Å². The topological polar surface area (TPSA) is 62.2 Å². The van der Waals surface area contributed by atoms with Gasteiger partial charge >= 0.3 is 0 Å². The van der Waals surface area contributed by atoms with Crippen LogP contribution in [-0.4, -0.2) is 57.9 Å². The fourth-order valence-corrected chi connectivity index (χ4v) is 3.79. The predicted octanol–water partition coefficient (Wildman–Crippen LogP) is 2.63. The lowest BCUT2D eigenvalue weighted by molar-refractivity contribution is -0.129. The van der Waals surface area contributed by atoms with E-state index in [1.807, 2.05) is 42.1 Å². The van der Waals surface area contributed by atoms with Crippen LogP contribution in [0.25, 0.3) is 11.5 Å². The summed E-state index contributed by atoms with van der Waals surface area (Å²) in [5.41, 5.74) is 2.82. The van der Waals surface area contributed by atoms with Crippen LogP contribution in [0.3, 0.4) is 0 Å². The molecule has 7 heteroatoms. The molecule has 1 aliphatic rings. The summed E-state index contributed by atoms with van der Waals surface area (Å²) in [4.78, 5) is 30.3. The number of hydrogen-bond acceptors (Lipinski definition) is 6. The van der Waals surface area contributed by atoms with Gasteiger partial charge in [0.15, 0.2) is 5.82 Å². The minimum absolute atomic E-state index is 0.193. The number of nitrogens with zero attached hydrogens (tertiary/aromatic N) is 5. The van der Waals surface area contributed by atoms with Crippen molar-refractivity contribution in [2.75, 3.05) is 37.0 Å². The number of fused-ring (bicyclic) bond motifs is 1. The Morgan fingerprint density at radius 3 is 2.85 bits per heavy atom. The van der Waals surface area contributed by atoms with Crippen LogP contribution >= 0.6 is 11.8 Å². The van der Waals surface area contributed by atoms with E-state index in [9.17, 15) is 4.79 Å². The molecule has 3 heterocycles. The number of carbonyl (C=O) groups excluding carboxylic acids is 1. The summed E-state index contributed by atoms with van der Waals surface area (Å²) in [5.74, 6) is 3.29. The van der Waals surface area contributed by atoms with Crippen LogP contribution in [0.5, 0.6) is 0 Å². The summed E-state index contributed by atoms with van der Waals surface area (Å²) < 4.78 is 0. The molecule has 0 bridgehead atoms. The van der Waals surface area contributed by atoms with Gasteiger partial charge in [0.05, 0.1) is 18.0 Å². The van der Waals surface area contributed by atoms with Crippen molar-refractivity contribution in [3.8, 4) is 11.5 Å². The van der Waals surface area contributed by atoms with E-state index in [4.69, 9.17) is 9.97 Å². The summed E-state index contributed by atoms with van der Waals surface area (Å²) >= 11 is 1.70. The van der Waals surface area contributed by atoms with Crippen LogP contribution in [0.1, 0.15) is 24.6 Å². The molecule has 2 aromatic heterocycles. The van der Waals surface area contributed by atoms with Gasteiger partial charge in [-0.25, -0.2) is 9.97 Å². The second-order valence-electron chi connectivity index (χ2n) is 6.52. The number of carbonyl (C=O) groups is 1. The summed E-state index contributed by atoms with van der Waals surface area (Å²) in [6.45, 7) is 3.41. The van der Waals surface area contributed by atoms with Crippen molar-refractivity contribution < 1.29 is 4.79 Å². The van der Waals surface area contributed by atoms with Crippen LogP contribution < -0.4 is 4.90 Å². The van der Waals surface area contributed by atoms with E-state index >= 15 is 0 Å². The molecule has 1 amide bonds. The molecule has 0 spiro atoms. The first-order valence-corrected chi connectivity index (χ1v) is 10.1. The Morgan fingerprint density at radius 1 is 1.31 bits per heavy atom. The molecule has 6 nitrogen and oxygen atoms in total. The molecule has 1 aliphatic heterocycles. The molecule has 2 aromatic rings. The van der Waals surface area contributed by atoms with Crippen LogP contribution in [0.15, 0.2) is 24.4 Å². The maximum Gasteiger partial charge on any atom is 0.232 e. The lowest BCUT2D eigenvalue weighted by Gasteiger charge is -2.30. The molecule has 0 atom stereocenters. The van der Waals surface area contributed by atoms with Gasteiger partial charge in [-0.3, -0.25) is 9.78 Å². The standard InChI is InChI=1S/C19H25N5OS/c1-4-11-26-13-17(25)24-10-8-14-16(12-24)21-18(22-19(14)23(2)3)15-7-5-6-9-20-15/h5-7,9H,4,8,10-13H2,1-3H3. The van der Waals surface area contributed by atoms with E-state index in [1.165, 1.54) is 0 Å². The van der Waals surface area contributed by atoms with E-state index in [2.05, 4.69) is 11.9 Å². The molecule has 0 unspecified atom stereocenters. The fraction of sp³-hybridized carbons (Fsp3) is 0.474. The fourth-order valence-electron chi connectivity index (χ4n) is 3.00. The Bertz CT molecular complexity index is 766. The van der Waals surface area contributed by atoms with Gasteiger partial charge in [-0.05, 0) is 30.7 Å². The normalized spacial score (nSPS) is 13.4. The minimum atomic E-state index is 0.193. The molecule has 138 valence electrons. The molecule has 26 heavy (non-hydrogen) atoms. The Morgan fingerprint density at radius 2 is 2.15 bits per heavy atom. The van der Waals surface area contributed by atoms with Crippen molar-refractivity contribution >= 4 is 23.5 Å². The maximum atomic E-state index is 12.5. The Labute approximate surface area is 159 Å². The average molecular weight is 372 g/mol. The monoisotopic (exact) mass is 371 g/mol.